The fourth-order valence-corrected chi connectivity index (χ4v) is 2.82. The predicted molar refractivity (Wildman–Crippen MR) is 79.8 cm³/mol. The van der Waals surface area contributed by atoms with Crippen LogP contribution in [0.2, 0.25) is 0 Å². The van der Waals surface area contributed by atoms with Gasteiger partial charge in [-0.25, -0.2) is 0 Å². The van der Waals surface area contributed by atoms with Crippen LogP contribution < -0.4 is 5.73 Å². The van der Waals surface area contributed by atoms with Crippen LogP contribution in [0, 0.1) is 5.41 Å². The van der Waals surface area contributed by atoms with Gasteiger partial charge in [-0.05, 0) is 52.2 Å². The topological polar surface area (TPSA) is 32.5 Å². The third-order valence-corrected chi connectivity index (χ3v) is 4.84. The van der Waals surface area contributed by atoms with Crippen molar-refractivity contribution < 1.29 is 0 Å². The van der Waals surface area contributed by atoms with E-state index in [1.807, 2.05) is 0 Å². The zero-order valence-corrected chi connectivity index (χ0v) is 13.3. The van der Waals surface area contributed by atoms with Gasteiger partial charge in [-0.1, -0.05) is 20.8 Å². The summed E-state index contributed by atoms with van der Waals surface area (Å²) in [5, 5.41) is 0. The molecule has 0 saturated carbocycles. The van der Waals surface area contributed by atoms with Crippen molar-refractivity contribution in [3.05, 3.63) is 0 Å². The monoisotopic (exact) mass is 255 g/mol. The third-order valence-electron chi connectivity index (χ3n) is 4.84. The molecule has 3 nitrogen and oxygen atoms in total. The Hall–Kier alpha value is -0.120. The van der Waals surface area contributed by atoms with E-state index in [-0.39, 0.29) is 11.0 Å². The number of likely N-dealkylation sites (tertiary alicyclic amines) is 1. The van der Waals surface area contributed by atoms with E-state index in [9.17, 15) is 0 Å². The number of nitrogens with two attached hydrogens (primary N) is 1. The molecule has 3 heteroatoms. The van der Waals surface area contributed by atoms with Crippen LogP contribution in [-0.4, -0.2) is 54.6 Å². The number of nitrogens with zero attached hydrogens (tertiary/aromatic N) is 2. The summed E-state index contributed by atoms with van der Waals surface area (Å²) in [7, 11) is 2.24. The molecular weight excluding hydrogens is 222 g/mol. The van der Waals surface area contributed by atoms with Gasteiger partial charge in [0, 0.05) is 24.7 Å². The van der Waals surface area contributed by atoms with Crippen LogP contribution in [0.3, 0.4) is 0 Å². The Morgan fingerprint density at radius 2 is 1.89 bits per heavy atom. The van der Waals surface area contributed by atoms with Crippen LogP contribution in [-0.2, 0) is 0 Å². The van der Waals surface area contributed by atoms with Gasteiger partial charge in [-0.3, -0.25) is 4.90 Å². The first-order valence-electron chi connectivity index (χ1n) is 7.39. The molecule has 108 valence electrons. The first-order chi connectivity index (χ1) is 8.17. The zero-order chi connectivity index (χ0) is 14.0. The SMILES string of the molecule is CCN1CCCC1CN(C)CC(C)(C)C(C)(C)N. The van der Waals surface area contributed by atoms with Gasteiger partial charge in [0.15, 0.2) is 0 Å². The average molecular weight is 255 g/mol. The molecule has 0 bridgehead atoms. The summed E-state index contributed by atoms with van der Waals surface area (Å²) in [6.07, 6.45) is 2.71. The maximum Gasteiger partial charge on any atom is 0.0223 e. The highest BCUT2D eigenvalue weighted by Gasteiger charge is 2.35. The molecule has 1 aliphatic rings. The van der Waals surface area contributed by atoms with Gasteiger partial charge in [0.2, 0.25) is 0 Å². The van der Waals surface area contributed by atoms with Crippen LogP contribution >= 0.6 is 0 Å². The Morgan fingerprint density at radius 1 is 1.28 bits per heavy atom. The summed E-state index contributed by atoms with van der Waals surface area (Å²) in [6.45, 7) is 15.8. The second kappa shape index (κ2) is 5.89. The van der Waals surface area contributed by atoms with Crippen LogP contribution in [0.25, 0.3) is 0 Å². The van der Waals surface area contributed by atoms with E-state index in [0.717, 1.165) is 12.6 Å². The van der Waals surface area contributed by atoms with Gasteiger partial charge in [0.05, 0.1) is 0 Å². The minimum atomic E-state index is -0.138. The normalized spacial score (nSPS) is 23.0. The minimum Gasteiger partial charge on any atom is -0.325 e. The highest BCUT2D eigenvalue weighted by Crippen LogP contribution is 2.29. The smallest absolute Gasteiger partial charge is 0.0223 e. The van der Waals surface area contributed by atoms with Crippen LogP contribution in [0.4, 0.5) is 0 Å². The lowest BCUT2D eigenvalue weighted by molar-refractivity contribution is 0.109. The molecule has 1 atom stereocenters. The summed E-state index contributed by atoms with van der Waals surface area (Å²) >= 11 is 0. The lowest BCUT2D eigenvalue weighted by atomic mass is 9.75. The van der Waals surface area contributed by atoms with E-state index >= 15 is 0 Å². The Labute approximate surface area is 114 Å². The van der Waals surface area contributed by atoms with Crippen molar-refractivity contribution in [2.75, 3.05) is 33.2 Å². The Morgan fingerprint density at radius 3 is 2.39 bits per heavy atom. The Kier molecular flexibility index (Phi) is 5.22. The van der Waals surface area contributed by atoms with Crippen LogP contribution in [0.1, 0.15) is 47.5 Å². The number of likely N-dealkylation sites (N-methyl/N-ethyl adjacent to an activating group) is 2. The molecular formula is C15H33N3. The third kappa shape index (κ3) is 3.94. The van der Waals surface area contributed by atoms with Gasteiger partial charge in [0.25, 0.3) is 0 Å². The van der Waals surface area contributed by atoms with E-state index in [0.29, 0.717) is 0 Å². The Bertz CT molecular complexity index is 255. The van der Waals surface area contributed by atoms with Crippen molar-refractivity contribution in [3.63, 3.8) is 0 Å². The van der Waals surface area contributed by atoms with Crippen molar-refractivity contribution in [3.8, 4) is 0 Å². The summed E-state index contributed by atoms with van der Waals surface area (Å²) in [6, 6.07) is 0.747. The molecule has 1 unspecified atom stereocenters. The quantitative estimate of drug-likeness (QED) is 0.789. The lowest BCUT2D eigenvalue weighted by Gasteiger charge is -2.42. The summed E-state index contributed by atoms with van der Waals surface area (Å²) in [4.78, 5) is 5.07. The van der Waals surface area contributed by atoms with E-state index in [4.69, 9.17) is 5.73 Å². The number of hydrogen-bond donors (Lipinski definition) is 1. The molecule has 0 aromatic carbocycles. The largest absolute Gasteiger partial charge is 0.325 e. The fourth-order valence-electron chi connectivity index (χ4n) is 2.82. The van der Waals surface area contributed by atoms with E-state index in [1.54, 1.807) is 0 Å². The summed E-state index contributed by atoms with van der Waals surface area (Å²) < 4.78 is 0. The minimum absolute atomic E-state index is 0.136. The summed E-state index contributed by atoms with van der Waals surface area (Å²) in [5.74, 6) is 0. The van der Waals surface area contributed by atoms with Crippen molar-refractivity contribution in [2.24, 2.45) is 11.1 Å². The van der Waals surface area contributed by atoms with Crippen molar-refractivity contribution >= 4 is 0 Å². The molecule has 1 heterocycles. The first kappa shape index (κ1) is 15.9. The molecule has 0 amide bonds. The van der Waals surface area contributed by atoms with Gasteiger partial charge in [-0.2, -0.15) is 0 Å². The van der Waals surface area contributed by atoms with Crippen molar-refractivity contribution in [1.29, 1.82) is 0 Å². The second-order valence-electron chi connectivity index (χ2n) is 7.23. The Balaban J connectivity index is 2.49. The van der Waals surface area contributed by atoms with E-state index in [1.165, 1.54) is 32.5 Å². The lowest BCUT2D eigenvalue weighted by Crippen LogP contribution is -2.53. The molecule has 1 aliphatic heterocycles. The van der Waals surface area contributed by atoms with Gasteiger partial charge in [-0.15, -0.1) is 0 Å². The molecule has 0 aromatic heterocycles. The summed E-state index contributed by atoms with van der Waals surface area (Å²) in [5.41, 5.74) is 6.28. The number of rotatable bonds is 6. The maximum absolute atomic E-state index is 6.29. The standard InChI is InChI=1S/C15H33N3/c1-7-18-10-8-9-13(18)11-17(6)12-14(2,3)15(4,5)16/h13H,7-12,16H2,1-6H3. The molecule has 0 radical (unpaired) electrons. The molecule has 0 aromatic rings. The molecule has 18 heavy (non-hydrogen) atoms. The zero-order valence-electron chi connectivity index (χ0n) is 13.3. The van der Waals surface area contributed by atoms with Gasteiger partial charge >= 0.3 is 0 Å². The van der Waals surface area contributed by atoms with Crippen molar-refractivity contribution in [1.82, 2.24) is 9.80 Å². The maximum atomic E-state index is 6.29. The molecule has 1 fully saturated rings. The molecule has 0 spiro atoms. The molecule has 1 rings (SSSR count). The average Bonchev–Trinajstić information content (AvgIpc) is 2.62. The van der Waals surface area contributed by atoms with Crippen molar-refractivity contribution in [2.45, 2.75) is 59.0 Å². The fraction of sp³-hybridized carbons (Fsp3) is 1.00. The van der Waals surface area contributed by atoms with Gasteiger partial charge in [0.1, 0.15) is 0 Å². The number of hydrogen-bond acceptors (Lipinski definition) is 3. The molecule has 0 aliphatic carbocycles. The van der Waals surface area contributed by atoms with Crippen LogP contribution in [0.15, 0.2) is 0 Å². The second-order valence-corrected chi connectivity index (χ2v) is 7.23. The van der Waals surface area contributed by atoms with E-state index in [2.05, 4.69) is 51.5 Å². The molecule has 2 N–H and O–H groups in total. The highest BCUT2D eigenvalue weighted by molar-refractivity contribution is 4.92. The highest BCUT2D eigenvalue weighted by atomic mass is 15.2. The van der Waals surface area contributed by atoms with Gasteiger partial charge < -0.3 is 10.6 Å². The van der Waals surface area contributed by atoms with Crippen LogP contribution in [0.5, 0.6) is 0 Å². The predicted octanol–water partition coefficient (Wildman–Crippen LogP) is 2.17. The van der Waals surface area contributed by atoms with E-state index < -0.39 is 0 Å². The molecule has 1 saturated heterocycles. The first-order valence-corrected chi connectivity index (χ1v) is 7.39.